The van der Waals surface area contributed by atoms with Crippen molar-refractivity contribution < 1.29 is 23.9 Å². The monoisotopic (exact) mass is 478 g/mol. The first-order valence-corrected chi connectivity index (χ1v) is 11.9. The van der Waals surface area contributed by atoms with Crippen LogP contribution in [0.5, 0.6) is 0 Å². The molecule has 2 aromatic rings. The number of fused-ring (bicyclic) bond motifs is 1. The van der Waals surface area contributed by atoms with Crippen molar-refractivity contribution in [2.45, 2.75) is 45.6 Å². The number of aromatic amines is 1. The van der Waals surface area contributed by atoms with Gasteiger partial charge in [-0.2, -0.15) is 0 Å². The number of hydrogen-bond donors (Lipinski definition) is 2. The topological polar surface area (TPSA) is 131 Å². The fourth-order valence-electron chi connectivity index (χ4n) is 4.07. The molecule has 0 spiro atoms. The standard InChI is InChI=1S/C22H30N4O6S/c1-4-6-16(27)23-10-13-7-5-8-26(11-13)12-15-24-20(29)18-14(9-17(28)31-2)19(22(30)32-3)33-21(18)25-15/h13H,4-12H2,1-3H3,(H,23,27)(H,24,25,29). The first-order chi connectivity index (χ1) is 15.9. The summed E-state index contributed by atoms with van der Waals surface area (Å²) in [6, 6.07) is 0. The Morgan fingerprint density at radius 1 is 1.27 bits per heavy atom. The minimum atomic E-state index is -0.623. The number of methoxy groups -OCH3 is 2. The molecule has 1 unspecified atom stereocenters. The average Bonchev–Trinajstić information content (AvgIpc) is 3.16. The van der Waals surface area contributed by atoms with E-state index in [1.165, 1.54) is 14.2 Å². The second kappa shape index (κ2) is 11.4. The second-order valence-corrected chi connectivity index (χ2v) is 9.14. The SMILES string of the molecule is CCCC(=O)NCC1CCCN(Cc2nc3sc(C(=O)OC)c(CC(=O)OC)c3c(=O)[nH]2)C1. The summed E-state index contributed by atoms with van der Waals surface area (Å²) in [7, 11) is 2.49. The van der Waals surface area contributed by atoms with Gasteiger partial charge in [-0.05, 0) is 31.7 Å². The quantitative estimate of drug-likeness (QED) is 0.520. The minimum Gasteiger partial charge on any atom is -0.469 e. The van der Waals surface area contributed by atoms with Gasteiger partial charge < -0.3 is 19.8 Å². The van der Waals surface area contributed by atoms with Crippen LogP contribution in [0.2, 0.25) is 0 Å². The summed E-state index contributed by atoms with van der Waals surface area (Å²) < 4.78 is 9.53. The molecule has 3 rings (SSSR count). The highest BCUT2D eigenvalue weighted by Crippen LogP contribution is 2.29. The van der Waals surface area contributed by atoms with Crippen LogP contribution in [-0.2, 0) is 32.0 Å². The van der Waals surface area contributed by atoms with E-state index in [1.807, 2.05) is 6.92 Å². The highest BCUT2D eigenvalue weighted by molar-refractivity contribution is 7.20. The van der Waals surface area contributed by atoms with Crippen molar-refractivity contribution in [3.63, 3.8) is 0 Å². The number of esters is 2. The van der Waals surface area contributed by atoms with E-state index in [0.29, 0.717) is 36.1 Å². The first-order valence-electron chi connectivity index (χ1n) is 11.0. The number of amides is 1. The number of carbonyl (C=O) groups is 3. The summed E-state index contributed by atoms with van der Waals surface area (Å²) in [5, 5.41) is 3.21. The number of nitrogens with zero attached hydrogens (tertiary/aromatic N) is 2. The molecule has 0 aliphatic carbocycles. The third kappa shape index (κ3) is 6.17. The Balaban J connectivity index is 1.79. The van der Waals surface area contributed by atoms with Crippen LogP contribution < -0.4 is 10.9 Å². The van der Waals surface area contributed by atoms with E-state index >= 15 is 0 Å². The fraction of sp³-hybridized carbons (Fsp3) is 0.591. The van der Waals surface area contributed by atoms with Gasteiger partial charge in [0.15, 0.2) is 0 Å². The number of thiophene rings is 1. The van der Waals surface area contributed by atoms with E-state index in [-0.39, 0.29) is 28.2 Å². The van der Waals surface area contributed by atoms with E-state index in [0.717, 1.165) is 43.7 Å². The smallest absolute Gasteiger partial charge is 0.348 e. The average molecular weight is 479 g/mol. The Bertz CT molecular complexity index is 1080. The van der Waals surface area contributed by atoms with Gasteiger partial charge in [0.25, 0.3) is 5.56 Å². The predicted octanol–water partition coefficient (Wildman–Crippen LogP) is 1.61. The molecule has 0 bridgehead atoms. The molecule has 0 aromatic carbocycles. The molecule has 33 heavy (non-hydrogen) atoms. The molecule has 11 heteroatoms. The van der Waals surface area contributed by atoms with Crippen molar-refractivity contribution in [2.24, 2.45) is 5.92 Å². The normalized spacial score (nSPS) is 16.5. The summed E-state index contributed by atoms with van der Waals surface area (Å²) >= 11 is 1.04. The third-order valence-corrected chi connectivity index (χ3v) is 6.78. The van der Waals surface area contributed by atoms with Gasteiger partial charge in [-0.1, -0.05) is 6.92 Å². The van der Waals surface area contributed by atoms with Crippen LogP contribution in [0.15, 0.2) is 4.79 Å². The molecule has 2 N–H and O–H groups in total. The van der Waals surface area contributed by atoms with Gasteiger partial charge in [-0.25, -0.2) is 9.78 Å². The first kappa shape index (κ1) is 24.8. The molecule has 10 nitrogen and oxygen atoms in total. The number of aromatic nitrogens is 2. The molecule has 1 saturated heterocycles. The lowest BCUT2D eigenvalue weighted by atomic mass is 9.98. The number of likely N-dealkylation sites (tertiary alicyclic amines) is 1. The van der Waals surface area contributed by atoms with Crippen LogP contribution in [0.25, 0.3) is 10.2 Å². The number of rotatable bonds is 9. The van der Waals surface area contributed by atoms with Crippen molar-refractivity contribution in [2.75, 3.05) is 33.9 Å². The van der Waals surface area contributed by atoms with E-state index in [4.69, 9.17) is 9.47 Å². The lowest BCUT2D eigenvalue weighted by Gasteiger charge is -2.32. The summed E-state index contributed by atoms with van der Waals surface area (Å²) in [6.07, 6.45) is 3.17. The predicted molar refractivity (Wildman–Crippen MR) is 123 cm³/mol. The summed E-state index contributed by atoms with van der Waals surface area (Å²) in [6.45, 7) is 4.73. The minimum absolute atomic E-state index is 0.0768. The van der Waals surface area contributed by atoms with Crippen LogP contribution in [-0.4, -0.2) is 66.6 Å². The summed E-state index contributed by atoms with van der Waals surface area (Å²) in [5.41, 5.74) is -0.129. The Kier molecular flexibility index (Phi) is 8.56. The van der Waals surface area contributed by atoms with E-state index < -0.39 is 17.5 Å². The lowest BCUT2D eigenvalue weighted by molar-refractivity contribution is -0.139. The van der Waals surface area contributed by atoms with Crippen molar-refractivity contribution in [1.82, 2.24) is 20.2 Å². The van der Waals surface area contributed by atoms with Crippen molar-refractivity contribution >= 4 is 39.4 Å². The zero-order chi connectivity index (χ0) is 24.0. The maximum absolute atomic E-state index is 12.9. The number of piperidine rings is 1. The molecule has 1 aliphatic rings. The van der Waals surface area contributed by atoms with Crippen LogP contribution in [0.1, 0.15) is 53.7 Å². The number of nitrogens with one attached hydrogen (secondary N) is 2. The number of carbonyl (C=O) groups excluding carboxylic acids is 3. The zero-order valence-corrected chi connectivity index (χ0v) is 20.0. The Morgan fingerprint density at radius 3 is 2.76 bits per heavy atom. The van der Waals surface area contributed by atoms with E-state index in [9.17, 15) is 19.2 Å². The van der Waals surface area contributed by atoms with Crippen molar-refractivity contribution in [1.29, 1.82) is 0 Å². The maximum atomic E-state index is 12.9. The Labute approximate surface area is 195 Å². The van der Waals surface area contributed by atoms with E-state index in [2.05, 4.69) is 20.2 Å². The fourth-order valence-corrected chi connectivity index (χ4v) is 5.20. The third-order valence-electron chi connectivity index (χ3n) is 5.67. The molecule has 180 valence electrons. The molecule has 0 saturated carbocycles. The Hall–Kier alpha value is -2.79. The molecule has 1 atom stereocenters. The van der Waals surface area contributed by atoms with Gasteiger partial charge in [0.05, 0.1) is 32.6 Å². The molecule has 0 radical (unpaired) electrons. The van der Waals surface area contributed by atoms with Crippen LogP contribution in [0.4, 0.5) is 0 Å². The molecule has 1 fully saturated rings. The molecular formula is C22H30N4O6S. The van der Waals surface area contributed by atoms with Crippen LogP contribution in [0, 0.1) is 5.92 Å². The largest absolute Gasteiger partial charge is 0.469 e. The molecule has 3 heterocycles. The number of ether oxygens (including phenoxy) is 2. The van der Waals surface area contributed by atoms with Gasteiger partial charge in [-0.15, -0.1) is 11.3 Å². The van der Waals surface area contributed by atoms with Crippen LogP contribution in [0.3, 0.4) is 0 Å². The van der Waals surface area contributed by atoms with Crippen molar-refractivity contribution in [3.8, 4) is 0 Å². The number of hydrogen-bond acceptors (Lipinski definition) is 9. The summed E-state index contributed by atoms with van der Waals surface area (Å²) in [4.78, 5) is 58.9. The van der Waals surface area contributed by atoms with Crippen molar-refractivity contribution in [3.05, 3.63) is 26.6 Å². The van der Waals surface area contributed by atoms with Gasteiger partial charge >= 0.3 is 11.9 Å². The van der Waals surface area contributed by atoms with Gasteiger partial charge in [-0.3, -0.25) is 19.3 Å². The lowest BCUT2D eigenvalue weighted by Crippen LogP contribution is -2.41. The molecule has 1 amide bonds. The molecule has 2 aromatic heterocycles. The van der Waals surface area contributed by atoms with Gasteiger partial charge in [0, 0.05) is 25.1 Å². The summed E-state index contributed by atoms with van der Waals surface area (Å²) in [5.74, 6) is -0.275. The highest BCUT2D eigenvalue weighted by Gasteiger charge is 2.26. The second-order valence-electron chi connectivity index (χ2n) is 8.14. The molecular weight excluding hydrogens is 448 g/mol. The zero-order valence-electron chi connectivity index (χ0n) is 19.2. The molecule has 1 aliphatic heterocycles. The highest BCUT2D eigenvalue weighted by atomic mass is 32.1. The maximum Gasteiger partial charge on any atom is 0.348 e. The van der Waals surface area contributed by atoms with Crippen LogP contribution >= 0.6 is 11.3 Å². The number of H-pyrrole nitrogens is 1. The Morgan fingerprint density at radius 2 is 2.06 bits per heavy atom. The van der Waals surface area contributed by atoms with E-state index in [1.54, 1.807) is 0 Å². The van der Waals surface area contributed by atoms with Gasteiger partial charge in [0.2, 0.25) is 5.91 Å². The van der Waals surface area contributed by atoms with Gasteiger partial charge in [0.1, 0.15) is 15.5 Å².